The molecule has 3 aromatic rings. The lowest BCUT2D eigenvalue weighted by atomic mass is 10.1. The van der Waals surface area contributed by atoms with Gasteiger partial charge in [-0.15, -0.1) is 0 Å². The third-order valence-corrected chi connectivity index (χ3v) is 4.57. The van der Waals surface area contributed by atoms with Gasteiger partial charge in [0, 0.05) is 31.1 Å². The molecule has 0 aliphatic heterocycles. The predicted molar refractivity (Wildman–Crippen MR) is 119 cm³/mol. The third-order valence-electron chi connectivity index (χ3n) is 4.57. The average Bonchev–Trinajstić information content (AvgIpc) is 2.77. The van der Waals surface area contributed by atoms with Crippen molar-refractivity contribution in [1.29, 1.82) is 0 Å². The summed E-state index contributed by atoms with van der Waals surface area (Å²) in [6.07, 6.45) is 1.03. The zero-order chi connectivity index (χ0) is 22.1. The highest BCUT2D eigenvalue weighted by molar-refractivity contribution is 5.95. The number of anilines is 1. The van der Waals surface area contributed by atoms with Gasteiger partial charge in [-0.05, 0) is 41.8 Å². The number of hydrogen-bond donors (Lipinski definition) is 2. The fraction of sp³-hybridized carbons (Fsp3) is 0.160. The summed E-state index contributed by atoms with van der Waals surface area (Å²) in [6, 6.07) is 23.6. The molecule has 0 bridgehead atoms. The highest BCUT2D eigenvalue weighted by Gasteiger charge is 2.11. The van der Waals surface area contributed by atoms with Crippen LogP contribution in [0, 0.1) is 0 Å². The van der Waals surface area contributed by atoms with Gasteiger partial charge in [0.25, 0.3) is 5.91 Å². The van der Waals surface area contributed by atoms with Crippen molar-refractivity contribution < 1.29 is 19.1 Å². The Bertz CT molecular complexity index is 1060. The molecule has 6 nitrogen and oxygen atoms in total. The monoisotopic (exact) mass is 416 g/mol. The van der Waals surface area contributed by atoms with E-state index in [4.69, 9.17) is 4.74 Å². The van der Waals surface area contributed by atoms with Crippen LogP contribution in [-0.4, -0.2) is 17.8 Å². The third kappa shape index (κ3) is 6.82. The van der Waals surface area contributed by atoms with Gasteiger partial charge in [0.2, 0.25) is 5.91 Å². The Morgan fingerprint density at radius 1 is 0.871 bits per heavy atom. The maximum atomic E-state index is 12.5. The number of esters is 1. The molecule has 2 amide bonds. The molecule has 0 aliphatic carbocycles. The van der Waals surface area contributed by atoms with E-state index >= 15 is 0 Å². The van der Waals surface area contributed by atoms with Crippen molar-refractivity contribution in [3.05, 3.63) is 95.6 Å². The minimum Gasteiger partial charge on any atom is -0.427 e. The second-order valence-corrected chi connectivity index (χ2v) is 7.00. The van der Waals surface area contributed by atoms with Gasteiger partial charge >= 0.3 is 5.97 Å². The van der Waals surface area contributed by atoms with Gasteiger partial charge in [0.1, 0.15) is 5.75 Å². The molecule has 0 heterocycles. The fourth-order valence-electron chi connectivity index (χ4n) is 3.06. The molecule has 158 valence electrons. The van der Waals surface area contributed by atoms with E-state index in [1.807, 2.05) is 54.6 Å². The lowest BCUT2D eigenvalue weighted by Gasteiger charge is -2.12. The topological polar surface area (TPSA) is 84.5 Å². The predicted octanol–water partition coefficient (Wildman–Crippen LogP) is 4.11. The number of rotatable bonds is 8. The summed E-state index contributed by atoms with van der Waals surface area (Å²) in [5.74, 6) is -0.531. The maximum Gasteiger partial charge on any atom is 0.308 e. The Balaban J connectivity index is 1.58. The maximum absolute atomic E-state index is 12.5. The molecular weight excluding hydrogens is 392 g/mol. The van der Waals surface area contributed by atoms with Gasteiger partial charge < -0.3 is 15.4 Å². The minimum absolute atomic E-state index is 0.0864. The Hall–Kier alpha value is -3.93. The van der Waals surface area contributed by atoms with Gasteiger partial charge in [-0.1, -0.05) is 54.6 Å². The molecule has 0 unspecified atom stereocenters. The smallest absolute Gasteiger partial charge is 0.308 e. The molecule has 3 aromatic carbocycles. The molecule has 31 heavy (non-hydrogen) atoms. The summed E-state index contributed by atoms with van der Waals surface area (Å²) in [6.45, 7) is 1.55. The van der Waals surface area contributed by atoms with Gasteiger partial charge in [-0.2, -0.15) is 0 Å². The minimum atomic E-state index is -0.450. The highest BCUT2D eigenvalue weighted by Crippen LogP contribution is 2.17. The molecular formula is C25H24N2O4. The molecule has 0 aromatic heterocycles. The van der Waals surface area contributed by atoms with Gasteiger partial charge in [0.15, 0.2) is 0 Å². The number of carbonyl (C=O) groups is 3. The van der Waals surface area contributed by atoms with Crippen LogP contribution in [0.4, 0.5) is 5.69 Å². The Labute approximate surface area is 181 Å². The van der Waals surface area contributed by atoms with E-state index in [0.29, 0.717) is 29.8 Å². The van der Waals surface area contributed by atoms with E-state index < -0.39 is 5.97 Å². The molecule has 6 heteroatoms. The van der Waals surface area contributed by atoms with Crippen LogP contribution >= 0.6 is 0 Å². The van der Waals surface area contributed by atoms with E-state index in [1.165, 1.54) is 13.0 Å². The van der Waals surface area contributed by atoms with Crippen LogP contribution in [0.3, 0.4) is 0 Å². The Morgan fingerprint density at radius 3 is 2.39 bits per heavy atom. The molecule has 2 N–H and O–H groups in total. The second kappa shape index (κ2) is 10.7. The number of hydrogen-bond acceptors (Lipinski definition) is 4. The molecule has 0 saturated heterocycles. The molecule has 0 fully saturated rings. The van der Waals surface area contributed by atoms with Crippen molar-refractivity contribution in [3.8, 4) is 5.75 Å². The summed E-state index contributed by atoms with van der Waals surface area (Å²) in [5, 5.41) is 5.76. The fourth-order valence-corrected chi connectivity index (χ4v) is 3.06. The van der Waals surface area contributed by atoms with Gasteiger partial charge in [0.05, 0.1) is 0 Å². The number of ether oxygens (including phenoxy) is 1. The van der Waals surface area contributed by atoms with E-state index in [0.717, 1.165) is 11.1 Å². The van der Waals surface area contributed by atoms with Crippen molar-refractivity contribution in [2.75, 3.05) is 5.32 Å². The van der Waals surface area contributed by atoms with Crippen molar-refractivity contribution in [3.63, 3.8) is 0 Å². The zero-order valence-electron chi connectivity index (χ0n) is 17.3. The largest absolute Gasteiger partial charge is 0.427 e. The molecule has 0 aliphatic rings. The van der Waals surface area contributed by atoms with Crippen LogP contribution in [0.5, 0.6) is 5.75 Å². The van der Waals surface area contributed by atoms with E-state index in [2.05, 4.69) is 10.6 Å². The first-order valence-corrected chi connectivity index (χ1v) is 9.99. The van der Waals surface area contributed by atoms with Crippen molar-refractivity contribution in [2.45, 2.75) is 26.3 Å². The van der Waals surface area contributed by atoms with E-state index in [-0.39, 0.29) is 18.4 Å². The number of para-hydroxylation sites is 1. The standard InChI is InChI=1S/C25H24N2O4/c1-18(28)31-22-12-7-11-20(16-22)25(30)26-17-21-10-5-6-13-23(21)27-24(29)15-14-19-8-3-2-4-9-19/h2-13,16H,14-15,17H2,1H3,(H,26,30)(H,27,29). The van der Waals surface area contributed by atoms with Gasteiger partial charge in [-0.3, -0.25) is 14.4 Å². The Kier molecular flexibility index (Phi) is 7.54. The second-order valence-electron chi connectivity index (χ2n) is 7.00. The van der Waals surface area contributed by atoms with Crippen LogP contribution < -0.4 is 15.4 Å². The summed E-state index contributed by atoms with van der Waals surface area (Å²) in [5.41, 5.74) is 2.94. The van der Waals surface area contributed by atoms with Crippen LogP contribution in [0.1, 0.15) is 34.8 Å². The van der Waals surface area contributed by atoms with Crippen molar-refractivity contribution >= 4 is 23.5 Å². The lowest BCUT2D eigenvalue weighted by Crippen LogP contribution is -2.24. The Morgan fingerprint density at radius 2 is 1.61 bits per heavy atom. The van der Waals surface area contributed by atoms with Crippen LogP contribution in [0.15, 0.2) is 78.9 Å². The number of benzene rings is 3. The number of carbonyl (C=O) groups excluding carboxylic acids is 3. The quantitative estimate of drug-likeness (QED) is 0.427. The molecule has 0 spiro atoms. The van der Waals surface area contributed by atoms with Crippen LogP contribution in [-0.2, 0) is 22.6 Å². The number of aryl methyl sites for hydroxylation is 1. The first-order valence-electron chi connectivity index (χ1n) is 9.99. The average molecular weight is 416 g/mol. The van der Waals surface area contributed by atoms with Crippen molar-refractivity contribution in [2.24, 2.45) is 0 Å². The normalized spacial score (nSPS) is 10.2. The van der Waals surface area contributed by atoms with Crippen LogP contribution in [0.25, 0.3) is 0 Å². The van der Waals surface area contributed by atoms with Crippen LogP contribution in [0.2, 0.25) is 0 Å². The lowest BCUT2D eigenvalue weighted by molar-refractivity contribution is -0.131. The molecule has 0 radical (unpaired) electrons. The summed E-state index contributed by atoms with van der Waals surface area (Å²) in [4.78, 5) is 36.0. The number of nitrogens with one attached hydrogen (secondary N) is 2. The summed E-state index contributed by atoms with van der Waals surface area (Å²) in [7, 11) is 0. The summed E-state index contributed by atoms with van der Waals surface area (Å²) >= 11 is 0. The highest BCUT2D eigenvalue weighted by atomic mass is 16.5. The first kappa shape index (κ1) is 21.8. The molecule has 0 saturated carbocycles. The summed E-state index contributed by atoms with van der Waals surface area (Å²) < 4.78 is 5.02. The first-order chi connectivity index (χ1) is 15.0. The van der Waals surface area contributed by atoms with Crippen molar-refractivity contribution in [1.82, 2.24) is 5.32 Å². The molecule has 0 atom stereocenters. The number of amides is 2. The van der Waals surface area contributed by atoms with Gasteiger partial charge in [-0.25, -0.2) is 0 Å². The zero-order valence-corrected chi connectivity index (χ0v) is 17.3. The van der Waals surface area contributed by atoms with E-state index in [9.17, 15) is 14.4 Å². The van der Waals surface area contributed by atoms with E-state index in [1.54, 1.807) is 18.2 Å². The molecule has 3 rings (SSSR count). The SMILES string of the molecule is CC(=O)Oc1cccc(C(=O)NCc2ccccc2NC(=O)CCc2ccccc2)c1.